The van der Waals surface area contributed by atoms with Crippen molar-refractivity contribution in [3.05, 3.63) is 29.3 Å². The molecule has 6 nitrogen and oxygen atoms in total. The summed E-state index contributed by atoms with van der Waals surface area (Å²) in [7, 11) is 0. The number of hydrogen-bond acceptors (Lipinski definition) is 4. The Morgan fingerprint density at radius 1 is 1.06 bits per heavy atom. The van der Waals surface area contributed by atoms with E-state index in [-0.39, 0.29) is 23.5 Å². The van der Waals surface area contributed by atoms with Crippen molar-refractivity contribution >= 4 is 11.9 Å². The quantitative estimate of drug-likeness (QED) is 0.716. The minimum atomic E-state index is -1.20. The number of rotatable bonds is 7. The Bertz CT molecular complexity index is 408. The first-order valence-corrected chi connectivity index (χ1v) is 5.36. The lowest BCUT2D eigenvalue weighted by Crippen LogP contribution is -2.08. The summed E-state index contributed by atoms with van der Waals surface area (Å²) in [5, 5.41) is 17.7. The number of hydrogen-bond donors (Lipinski definition) is 2. The average Bonchev–Trinajstić information content (AvgIpc) is 2.34. The van der Waals surface area contributed by atoms with Crippen LogP contribution in [0.4, 0.5) is 0 Å². The molecule has 0 spiro atoms. The van der Waals surface area contributed by atoms with E-state index in [1.54, 1.807) is 0 Å². The molecule has 0 atom stereocenters. The van der Waals surface area contributed by atoms with E-state index in [0.29, 0.717) is 13.2 Å². The maximum atomic E-state index is 10.8. The van der Waals surface area contributed by atoms with Crippen LogP contribution in [0.25, 0.3) is 0 Å². The lowest BCUT2D eigenvalue weighted by molar-refractivity contribution is 0.0696. The third-order valence-corrected chi connectivity index (χ3v) is 2.10. The van der Waals surface area contributed by atoms with Crippen LogP contribution in [0.2, 0.25) is 0 Å². The molecule has 1 aromatic rings. The minimum Gasteiger partial charge on any atom is -0.491 e. The molecule has 0 saturated heterocycles. The van der Waals surface area contributed by atoms with E-state index >= 15 is 0 Å². The zero-order valence-corrected chi connectivity index (χ0v) is 9.88. The summed E-state index contributed by atoms with van der Waals surface area (Å²) in [6, 6.07) is 3.64. The van der Waals surface area contributed by atoms with Gasteiger partial charge in [-0.15, -0.1) is 0 Å². The molecule has 0 aliphatic carbocycles. The van der Waals surface area contributed by atoms with Gasteiger partial charge >= 0.3 is 11.9 Å². The topological polar surface area (TPSA) is 93.1 Å². The molecule has 2 N–H and O–H groups in total. The monoisotopic (exact) mass is 254 g/mol. The second kappa shape index (κ2) is 6.61. The number of carbonyl (C=O) groups is 2. The molecular weight excluding hydrogens is 240 g/mol. The highest BCUT2D eigenvalue weighted by molar-refractivity contribution is 5.94. The Morgan fingerprint density at radius 3 is 2.06 bits per heavy atom. The van der Waals surface area contributed by atoms with Gasteiger partial charge in [0.1, 0.15) is 12.4 Å². The number of ether oxygens (including phenoxy) is 2. The first kappa shape index (κ1) is 14.0. The molecule has 0 aliphatic heterocycles. The van der Waals surface area contributed by atoms with E-state index in [1.807, 2.05) is 6.92 Å². The Labute approximate surface area is 104 Å². The normalized spacial score (nSPS) is 10.1. The van der Waals surface area contributed by atoms with Crippen molar-refractivity contribution in [3.8, 4) is 5.75 Å². The summed E-state index contributed by atoms with van der Waals surface area (Å²) in [6.45, 7) is 2.98. The zero-order valence-electron chi connectivity index (χ0n) is 9.88. The largest absolute Gasteiger partial charge is 0.491 e. The van der Waals surface area contributed by atoms with Gasteiger partial charge < -0.3 is 19.7 Å². The highest BCUT2D eigenvalue weighted by Gasteiger charge is 2.11. The Balaban J connectivity index is 2.83. The van der Waals surface area contributed by atoms with Gasteiger partial charge in [-0.3, -0.25) is 0 Å². The molecule has 0 heterocycles. The fourth-order valence-corrected chi connectivity index (χ4v) is 1.29. The highest BCUT2D eigenvalue weighted by Crippen LogP contribution is 2.17. The van der Waals surface area contributed by atoms with Crippen LogP contribution in [0.3, 0.4) is 0 Å². The van der Waals surface area contributed by atoms with Gasteiger partial charge in [0.05, 0.1) is 17.7 Å². The predicted molar refractivity (Wildman–Crippen MR) is 62.3 cm³/mol. The van der Waals surface area contributed by atoms with E-state index in [2.05, 4.69) is 0 Å². The van der Waals surface area contributed by atoms with Gasteiger partial charge in [-0.1, -0.05) is 0 Å². The van der Waals surface area contributed by atoms with E-state index < -0.39 is 11.9 Å². The molecule has 6 heteroatoms. The summed E-state index contributed by atoms with van der Waals surface area (Å²) in [5.74, 6) is -2.20. The molecule has 0 aromatic heterocycles. The maximum Gasteiger partial charge on any atom is 0.335 e. The summed E-state index contributed by atoms with van der Waals surface area (Å²) >= 11 is 0. The van der Waals surface area contributed by atoms with Crippen LogP contribution in [0.5, 0.6) is 5.75 Å². The van der Waals surface area contributed by atoms with Gasteiger partial charge in [-0.2, -0.15) is 0 Å². The number of carboxylic acids is 2. The van der Waals surface area contributed by atoms with Crippen LogP contribution in [0.15, 0.2) is 18.2 Å². The molecule has 0 fully saturated rings. The van der Waals surface area contributed by atoms with Crippen molar-refractivity contribution in [1.82, 2.24) is 0 Å². The molecule has 1 rings (SSSR count). The van der Waals surface area contributed by atoms with Crippen molar-refractivity contribution in [2.24, 2.45) is 0 Å². The van der Waals surface area contributed by atoms with E-state index in [1.165, 1.54) is 12.1 Å². The first-order valence-electron chi connectivity index (χ1n) is 5.36. The molecule has 18 heavy (non-hydrogen) atoms. The lowest BCUT2D eigenvalue weighted by Gasteiger charge is -2.08. The van der Waals surface area contributed by atoms with Gasteiger partial charge in [0, 0.05) is 6.61 Å². The number of carboxylic acid groups (broad SMARTS) is 2. The van der Waals surface area contributed by atoms with E-state index in [0.717, 1.165) is 6.07 Å². The van der Waals surface area contributed by atoms with E-state index in [4.69, 9.17) is 19.7 Å². The summed E-state index contributed by atoms with van der Waals surface area (Å²) in [6.07, 6.45) is 0. The standard InChI is InChI=1S/C12H14O6/c1-2-17-3-4-18-10-6-8(11(13)14)5-9(7-10)12(15)16/h5-7H,2-4H2,1H3,(H,13,14)(H,15,16). The van der Waals surface area contributed by atoms with Crippen LogP contribution in [-0.2, 0) is 4.74 Å². The maximum absolute atomic E-state index is 10.8. The molecule has 0 amide bonds. The Hall–Kier alpha value is -2.08. The van der Waals surface area contributed by atoms with Crippen molar-refractivity contribution < 1.29 is 29.3 Å². The molecule has 1 aromatic carbocycles. The van der Waals surface area contributed by atoms with Crippen molar-refractivity contribution in [1.29, 1.82) is 0 Å². The molecule has 0 aliphatic rings. The predicted octanol–water partition coefficient (Wildman–Crippen LogP) is 1.50. The Kier molecular flexibility index (Phi) is 5.13. The zero-order chi connectivity index (χ0) is 13.5. The second-order valence-electron chi connectivity index (χ2n) is 3.40. The van der Waals surface area contributed by atoms with Crippen LogP contribution in [-0.4, -0.2) is 42.0 Å². The van der Waals surface area contributed by atoms with Gasteiger partial charge in [0.25, 0.3) is 0 Å². The number of benzene rings is 1. The SMILES string of the molecule is CCOCCOc1cc(C(=O)O)cc(C(=O)O)c1. The third kappa shape index (κ3) is 4.06. The van der Waals surface area contributed by atoms with Gasteiger partial charge in [0.15, 0.2) is 0 Å². The lowest BCUT2D eigenvalue weighted by atomic mass is 10.1. The highest BCUT2D eigenvalue weighted by atomic mass is 16.5. The molecular formula is C12H14O6. The molecule has 98 valence electrons. The number of aromatic carboxylic acids is 2. The average molecular weight is 254 g/mol. The fraction of sp³-hybridized carbons (Fsp3) is 0.333. The second-order valence-corrected chi connectivity index (χ2v) is 3.40. The van der Waals surface area contributed by atoms with Crippen molar-refractivity contribution in [2.45, 2.75) is 6.92 Å². The fourth-order valence-electron chi connectivity index (χ4n) is 1.29. The Morgan fingerprint density at radius 2 is 1.61 bits per heavy atom. The van der Waals surface area contributed by atoms with Gasteiger partial charge in [-0.25, -0.2) is 9.59 Å². The van der Waals surface area contributed by atoms with Crippen molar-refractivity contribution in [3.63, 3.8) is 0 Å². The summed E-state index contributed by atoms with van der Waals surface area (Å²) < 4.78 is 10.3. The van der Waals surface area contributed by atoms with Crippen LogP contribution >= 0.6 is 0 Å². The smallest absolute Gasteiger partial charge is 0.335 e. The molecule has 0 bridgehead atoms. The molecule has 0 unspecified atom stereocenters. The summed E-state index contributed by atoms with van der Waals surface area (Å²) in [4.78, 5) is 21.7. The molecule has 0 radical (unpaired) electrons. The van der Waals surface area contributed by atoms with Gasteiger partial charge in [-0.05, 0) is 25.1 Å². The molecule has 0 saturated carbocycles. The minimum absolute atomic E-state index is 0.124. The third-order valence-electron chi connectivity index (χ3n) is 2.10. The van der Waals surface area contributed by atoms with Crippen molar-refractivity contribution in [2.75, 3.05) is 19.8 Å². The van der Waals surface area contributed by atoms with Crippen LogP contribution in [0.1, 0.15) is 27.6 Å². The van der Waals surface area contributed by atoms with Crippen LogP contribution < -0.4 is 4.74 Å². The first-order chi connectivity index (χ1) is 8.54. The van der Waals surface area contributed by atoms with E-state index in [9.17, 15) is 9.59 Å². The summed E-state index contributed by atoms with van der Waals surface area (Å²) in [5.41, 5.74) is -0.248. The van der Waals surface area contributed by atoms with Crippen LogP contribution in [0, 0.1) is 0 Å². The van der Waals surface area contributed by atoms with Gasteiger partial charge in [0.2, 0.25) is 0 Å².